The smallest absolute Gasteiger partial charge is 0.0818 e. The average molecular weight is 198 g/mol. The van der Waals surface area contributed by atoms with E-state index in [9.17, 15) is 0 Å². The topological polar surface area (TPSA) is 64.9 Å². The van der Waals surface area contributed by atoms with E-state index in [-0.39, 0.29) is 0 Å². The molecule has 2 rings (SSSR count). The van der Waals surface area contributed by atoms with Gasteiger partial charge < -0.3 is 10.4 Å². The van der Waals surface area contributed by atoms with Gasteiger partial charge in [0.05, 0.1) is 11.3 Å². The van der Waals surface area contributed by atoms with E-state index < -0.39 is 5.54 Å². The van der Waals surface area contributed by atoms with Gasteiger partial charge in [0, 0.05) is 0 Å². The van der Waals surface area contributed by atoms with E-state index in [4.69, 9.17) is 10.4 Å². The zero-order valence-corrected chi connectivity index (χ0v) is 8.91. The summed E-state index contributed by atoms with van der Waals surface area (Å²) in [7, 11) is 0. The highest BCUT2D eigenvalue weighted by molar-refractivity contribution is 5.94. The molecule has 4 nitrogen and oxygen atoms in total. The second-order valence-corrected chi connectivity index (χ2v) is 5.43. The fraction of sp³-hybridized carbons (Fsp3) is 0.900. The Labute approximate surface area is 84.0 Å². The van der Waals surface area contributed by atoms with Crippen molar-refractivity contribution in [3.05, 3.63) is 0 Å². The van der Waals surface area contributed by atoms with Crippen molar-refractivity contribution in [2.45, 2.75) is 39.2 Å². The highest BCUT2D eigenvalue weighted by atomic mass is 16.5. The zero-order valence-electron chi connectivity index (χ0n) is 8.91. The molecule has 2 aliphatic rings. The average Bonchev–Trinajstić information content (AvgIpc) is 2.66. The van der Waals surface area contributed by atoms with Gasteiger partial charge >= 0.3 is 0 Å². The summed E-state index contributed by atoms with van der Waals surface area (Å²) in [5.74, 6) is 1.26. The van der Waals surface area contributed by atoms with Gasteiger partial charge in [0.25, 0.3) is 0 Å². The molecule has 0 aromatic rings. The number of fused-ring (bicyclic) bond motifs is 1. The maximum absolute atomic E-state index is 9.12. The van der Waals surface area contributed by atoms with Gasteiger partial charge in [-0.3, -0.25) is 0 Å². The Morgan fingerprint density at radius 2 is 2.00 bits per heavy atom. The summed E-state index contributed by atoms with van der Waals surface area (Å²) < 4.78 is 0. The number of oxime groups is 1. The van der Waals surface area contributed by atoms with Crippen LogP contribution in [-0.4, -0.2) is 21.7 Å². The molecule has 0 aliphatic heterocycles. The van der Waals surface area contributed by atoms with Crippen LogP contribution in [0.15, 0.2) is 5.16 Å². The van der Waals surface area contributed by atoms with E-state index >= 15 is 0 Å². The number of hydrogen-bond donors (Lipinski definition) is 3. The first kappa shape index (κ1) is 9.93. The van der Waals surface area contributed by atoms with Crippen molar-refractivity contribution >= 4 is 5.71 Å². The lowest BCUT2D eigenvalue weighted by molar-refractivity contribution is 0.0902. The van der Waals surface area contributed by atoms with Crippen LogP contribution in [-0.2, 0) is 0 Å². The van der Waals surface area contributed by atoms with Gasteiger partial charge in [0.1, 0.15) is 0 Å². The van der Waals surface area contributed by atoms with Gasteiger partial charge in [0.15, 0.2) is 0 Å². The molecule has 0 spiro atoms. The van der Waals surface area contributed by atoms with Crippen molar-refractivity contribution < 1.29 is 10.4 Å². The summed E-state index contributed by atoms with van der Waals surface area (Å²) in [4.78, 5) is 0. The van der Waals surface area contributed by atoms with Crippen molar-refractivity contribution in [1.82, 2.24) is 5.48 Å². The molecule has 2 fully saturated rings. The van der Waals surface area contributed by atoms with E-state index in [1.165, 1.54) is 0 Å². The van der Waals surface area contributed by atoms with Gasteiger partial charge in [-0.15, -0.1) is 0 Å². The first-order valence-corrected chi connectivity index (χ1v) is 5.08. The summed E-state index contributed by atoms with van der Waals surface area (Å²) in [6.45, 7) is 6.35. The SMILES string of the molecule is CC1(C)[C@@H]2C/C(=N/O)[C@@](C)(NO)C[C@H]21. The number of rotatable bonds is 1. The first-order chi connectivity index (χ1) is 6.45. The molecule has 2 aliphatic carbocycles. The Morgan fingerprint density at radius 1 is 1.36 bits per heavy atom. The van der Waals surface area contributed by atoms with E-state index in [0.717, 1.165) is 12.8 Å². The fourth-order valence-electron chi connectivity index (χ4n) is 2.92. The van der Waals surface area contributed by atoms with Crippen molar-refractivity contribution in [3.8, 4) is 0 Å². The van der Waals surface area contributed by atoms with Gasteiger partial charge in [-0.05, 0) is 37.0 Å². The molecule has 0 aromatic heterocycles. The van der Waals surface area contributed by atoms with Gasteiger partial charge in [-0.25, -0.2) is 0 Å². The van der Waals surface area contributed by atoms with Crippen LogP contribution in [0.4, 0.5) is 0 Å². The first-order valence-electron chi connectivity index (χ1n) is 5.08. The predicted molar refractivity (Wildman–Crippen MR) is 52.5 cm³/mol. The minimum Gasteiger partial charge on any atom is -0.411 e. The highest BCUT2D eigenvalue weighted by Crippen LogP contribution is 2.65. The van der Waals surface area contributed by atoms with Crippen molar-refractivity contribution in [3.63, 3.8) is 0 Å². The lowest BCUT2D eigenvalue weighted by Crippen LogP contribution is -2.50. The molecule has 0 saturated heterocycles. The van der Waals surface area contributed by atoms with Crippen LogP contribution >= 0.6 is 0 Å². The Balaban J connectivity index is 2.23. The standard InChI is InChI=1S/C10H18N2O2/c1-9(2)6-4-8(11-13)10(3,12-14)5-7(6)9/h6-7,12-14H,4-5H2,1-3H3/b11-8-/t6-,7-,10+/m1/s1. The minimum absolute atomic E-state index is 0.338. The third-order valence-corrected chi connectivity index (χ3v) is 4.33. The molecule has 14 heavy (non-hydrogen) atoms. The maximum atomic E-state index is 9.12. The third kappa shape index (κ3) is 1.10. The van der Waals surface area contributed by atoms with E-state index in [1.807, 2.05) is 6.92 Å². The second kappa shape index (κ2) is 2.70. The predicted octanol–water partition coefficient (Wildman–Crippen LogP) is 1.62. The molecule has 0 bridgehead atoms. The summed E-state index contributed by atoms with van der Waals surface area (Å²) >= 11 is 0. The maximum Gasteiger partial charge on any atom is 0.0818 e. The lowest BCUT2D eigenvalue weighted by Gasteiger charge is -2.32. The van der Waals surface area contributed by atoms with Crippen LogP contribution in [0.1, 0.15) is 33.6 Å². The van der Waals surface area contributed by atoms with E-state index in [2.05, 4.69) is 24.5 Å². The number of hydroxylamine groups is 1. The number of nitrogens with zero attached hydrogens (tertiary/aromatic N) is 1. The second-order valence-electron chi connectivity index (χ2n) is 5.43. The van der Waals surface area contributed by atoms with Gasteiger partial charge in [-0.2, -0.15) is 5.48 Å². The molecule has 4 heteroatoms. The summed E-state index contributed by atoms with van der Waals surface area (Å²) in [6.07, 6.45) is 1.64. The molecule has 0 amide bonds. The highest BCUT2D eigenvalue weighted by Gasteiger charge is 2.63. The van der Waals surface area contributed by atoms with Crippen LogP contribution in [0.3, 0.4) is 0 Å². The van der Waals surface area contributed by atoms with E-state index in [0.29, 0.717) is 23.0 Å². The lowest BCUT2D eigenvalue weighted by atomic mass is 9.82. The molecule has 0 unspecified atom stereocenters. The van der Waals surface area contributed by atoms with Crippen LogP contribution in [0, 0.1) is 17.3 Å². The van der Waals surface area contributed by atoms with Crippen LogP contribution in [0.5, 0.6) is 0 Å². The largest absolute Gasteiger partial charge is 0.411 e. The van der Waals surface area contributed by atoms with Gasteiger partial charge in [-0.1, -0.05) is 19.0 Å². The monoisotopic (exact) mass is 198 g/mol. The molecular formula is C10H18N2O2. The summed E-state index contributed by atoms with van der Waals surface area (Å²) in [5.41, 5.74) is 2.76. The molecule has 0 radical (unpaired) electrons. The molecular weight excluding hydrogens is 180 g/mol. The summed E-state index contributed by atoms with van der Waals surface area (Å²) in [6, 6.07) is 0. The van der Waals surface area contributed by atoms with Crippen molar-refractivity contribution in [1.29, 1.82) is 0 Å². The molecule has 2 saturated carbocycles. The quantitative estimate of drug-likeness (QED) is 0.443. The van der Waals surface area contributed by atoms with Crippen molar-refractivity contribution in [2.75, 3.05) is 0 Å². The Morgan fingerprint density at radius 3 is 2.50 bits per heavy atom. The molecule has 0 heterocycles. The third-order valence-electron chi connectivity index (χ3n) is 4.33. The van der Waals surface area contributed by atoms with Crippen molar-refractivity contribution in [2.24, 2.45) is 22.4 Å². The minimum atomic E-state index is -0.538. The normalized spacial score (nSPS) is 47.6. The summed E-state index contributed by atoms with van der Waals surface area (Å²) in [5, 5.41) is 21.3. The molecule has 3 atom stereocenters. The Bertz CT molecular complexity index is 288. The molecule has 3 N–H and O–H groups in total. The van der Waals surface area contributed by atoms with Crippen LogP contribution in [0.25, 0.3) is 0 Å². The van der Waals surface area contributed by atoms with Gasteiger partial charge in [0.2, 0.25) is 0 Å². The number of nitrogens with one attached hydrogen (secondary N) is 1. The fourth-order valence-corrected chi connectivity index (χ4v) is 2.92. The Hall–Kier alpha value is -0.610. The van der Waals surface area contributed by atoms with Crippen LogP contribution < -0.4 is 5.48 Å². The zero-order chi connectivity index (χ0) is 10.6. The van der Waals surface area contributed by atoms with Crippen LogP contribution in [0.2, 0.25) is 0 Å². The molecule has 80 valence electrons. The Kier molecular flexibility index (Phi) is 1.92. The molecule has 0 aromatic carbocycles. The van der Waals surface area contributed by atoms with E-state index in [1.54, 1.807) is 0 Å². The number of hydrogen-bond acceptors (Lipinski definition) is 4.